The van der Waals surface area contributed by atoms with Crippen molar-refractivity contribution < 1.29 is 4.74 Å². The van der Waals surface area contributed by atoms with Gasteiger partial charge in [0.25, 0.3) is 0 Å². The van der Waals surface area contributed by atoms with E-state index in [1.807, 2.05) is 0 Å². The van der Waals surface area contributed by atoms with Crippen molar-refractivity contribution in [2.75, 3.05) is 5.88 Å². The number of rotatable bonds is 3. The van der Waals surface area contributed by atoms with E-state index in [1.54, 1.807) is 0 Å². The topological polar surface area (TPSA) is 12.5 Å². The van der Waals surface area contributed by atoms with Gasteiger partial charge >= 0.3 is 0 Å². The molecule has 0 saturated carbocycles. The van der Waals surface area contributed by atoms with E-state index in [2.05, 4.69) is 19.9 Å². The highest BCUT2D eigenvalue weighted by Crippen LogP contribution is 2.26. The fraction of sp³-hybridized carbons (Fsp3) is 0.750. The predicted molar refractivity (Wildman–Crippen MR) is 43.4 cm³/mol. The molecule has 0 amide bonds. The van der Waals surface area contributed by atoms with Crippen LogP contribution in [0.15, 0.2) is 11.6 Å². The highest BCUT2D eigenvalue weighted by Gasteiger charge is 2.36. The first-order valence-corrected chi connectivity index (χ1v) is 4.12. The molecule has 2 atom stereocenters. The van der Waals surface area contributed by atoms with Gasteiger partial charge in [0.05, 0.1) is 18.1 Å². The van der Waals surface area contributed by atoms with E-state index >= 15 is 0 Å². The average Bonchev–Trinajstić information content (AvgIpc) is 2.61. The molecular weight excluding hydrogens is 148 g/mol. The zero-order valence-electron chi connectivity index (χ0n) is 6.43. The molecule has 0 aromatic heterocycles. The molecule has 2 heteroatoms. The van der Waals surface area contributed by atoms with E-state index in [9.17, 15) is 0 Å². The fourth-order valence-electron chi connectivity index (χ4n) is 0.874. The lowest BCUT2D eigenvalue weighted by molar-refractivity contribution is 0.381. The summed E-state index contributed by atoms with van der Waals surface area (Å²) in [6.07, 6.45) is 3.96. The molecule has 0 bridgehead atoms. The van der Waals surface area contributed by atoms with Gasteiger partial charge in [-0.25, -0.2) is 0 Å². The molecular formula is C8H13ClO. The van der Waals surface area contributed by atoms with E-state index in [0.717, 1.165) is 6.42 Å². The summed E-state index contributed by atoms with van der Waals surface area (Å²) in [6, 6.07) is 0. The second-order valence-corrected chi connectivity index (χ2v) is 3.19. The summed E-state index contributed by atoms with van der Waals surface area (Å²) in [5.74, 6) is 0.640. The van der Waals surface area contributed by atoms with Crippen LogP contribution in [-0.4, -0.2) is 18.1 Å². The highest BCUT2D eigenvalue weighted by atomic mass is 35.5. The summed E-state index contributed by atoms with van der Waals surface area (Å²) in [7, 11) is 0. The van der Waals surface area contributed by atoms with Crippen molar-refractivity contribution in [2.45, 2.75) is 32.5 Å². The Morgan fingerprint density at radius 2 is 2.20 bits per heavy atom. The van der Waals surface area contributed by atoms with Crippen LogP contribution in [0.4, 0.5) is 0 Å². The van der Waals surface area contributed by atoms with Gasteiger partial charge in [0.1, 0.15) is 0 Å². The highest BCUT2D eigenvalue weighted by molar-refractivity contribution is 6.18. The minimum absolute atomic E-state index is 0.331. The maximum Gasteiger partial charge on any atom is 0.0980 e. The van der Waals surface area contributed by atoms with Gasteiger partial charge in [-0.2, -0.15) is 0 Å². The lowest BCUT2D eigenvalue weighted by Gasteiger charge is -1.87. The number of ether oxygens (including phenoxy) is 1. The van der Waals surface area contributed by atoms with Crippen LogP contribution in [0.25, 0.3) is 0 Å². The van der Waals surface area contributed by atoms with Crippen molar-refractivity contribution in [1.29, 1.82) is 0 Å². The Morgan fingerprint density at radius 1 is 1.50 bits per heavy atom. The van der Waals surface area contributed by atoms with Gasteiger partial charge in [-0.3, -0.25) is 0 Å². The number of hydrogen-bond acceptors (Lipinski definition) is 1. The predicted octanol–water partition coefficient (Wildman–Crippen LogP) is 2.35. The van der Waals surface area contributed by atoms with Gasteiger partial charge in [0.2, 0.25) is 0 Å². The van der Waals surface area contributed by atoms with Crippen molar-refractivity contribution in [3.63, 3.8) is 0 Å². The maximum atomic E-state index is 5.56. The average molecular weight is 161 g/mol. The number of epoxide rings is 1. The van der Waals surface area contributed by atoms with Crippen LogP contribution in [-0.2, 0) is 4.74 Å². The number of allylic oxidation sites excluding steroid dienone is 1. The van der Waals surface area contributed by atoms with Crippen LogP contribution >= 0.6 is 11.6 Å². The largest absolute Gasteiger partial charge is 0.368 e. The van der Waals surface area contributed by atoms with Crippen LogP contribution in [0, 0.1) is 0 Å². The molecule has 1 heterocycles. The molecule has 10 heavy (non-hydrogen) atoms. The summed E-state index contributed by atoms with van der Waals surface area (Å²) >= 11 is 5.56. The molecule has 0 aromatic carbocycles. The first-order chi connectivity index (χ1) is 4.74. The van der Waals surface area contributed by atoms with Crippen LogP contribution in [0.2, 0.25) is 0 Å². The third-order valence-electron chi connectivity index (χ3n) is 1.60. The molecule has 1 nitrogen and oxygen atoms in total. The van der Waals surface area contributed by atoms with E-state index in [4.69, 9.17) is 16.3 Å². The van der Waals surface area contributed by atoms with E-state index in [-0.39, 0.29) is 0 Å². The van der Waals surface area contributed by atoms with Crippen molar-refractivity contribution in [2.24, 2.45) is 0 Å². The number of hydrogen-bond donors (Lipinski definition) is 0. The smallest absolute Gasteiger partial charge is 0.0980 e. The maximum absolute atomic E-state index is 5.56. The Bertz CT molecular complexity index is 138. The molecule has 1 aliphatic heterocycles. The lowest BCUT2D eigenvalue weighted by atomic mass is 10.2. The summed E-state index contributed by atoms with van der Waals surface area (Å²) in [4.78, 5) is 0. The van der Waals surface area contributed by atoms with Crippen LogP contribution in [0.1, 0.15) is 20.3 Å². The quantitative estimate of drug-likeness (QED) is 0.351. The Morgan fingerprint density at radius 3 is 2.60 bits per heavy atom. The Balaban J connectivity index is 2.12. The molecule has 2 unspecified atom stereocenters. The van der Waals surface area contributed by atoms with Gasteiger partial charge in [0.15, 0.2) is 0 Å². The zero-order chi connectivity index (χ0) is 7.56. The third-order valence-corrected chi connectivity index (χ3v) is 1.90. The Labute approximate surface area is 67.0 Å². The van der Waals surface area contributed by atoms with Gasteiger partial charge in [-0.15, -0.1) is 11.6 Å². The lowest BCUT2D eigenvalue weighted by Crippen LogP contribution is -1.92. The SMILES string of the molecule is CC(C)=CCC1OC1CCl. The van der Waals surface area contributed by atoms with Crippen molar-refractivity contribution >= 4 is 11.6 Å². The standard InChI is InChI=1S/C8H13ClO/c1-6(2)3-4-7-8(5-9)10-7/h3,7-8H,4-5H2,1-2H3. The second-order valence-electron chi connectivity index (χ2n) is 2.88. The minimum Gasteiger partial charge on any atom is -0.368 e. The van der Waals surface area contributed by atoms with Crippen molar-refractivity contribution in [3.05, 3.63) is 11.6 Å². The van der Waals surface area contributed by atoms with E-state index < -0.39 is 0 Å². The van der Waals surface area contributed by atoms with Crippen LogP contribution < -0.4 is 0 Å². The molecule has 0 radical (unpaired) electrons. The van der Waals surface area contributed by atoms with Crippen LogP contribution in [0.3, 0.4) is 0 Å². The molecule has 1 saturated heterocycles. The third kappa shape index (κ3) is 2.31. The monoisotopic (exact) mass is 160 g/mol. The van der Waals surface area contributed by atoms with Crippen LogP contribution in [0.5, 0.6) is 0 Å². The summed E-state index contributed by atoms with van der Waals surface area (Å²) in [6.45, 7) is 4.19. The summed E-state index contributed by atoms with van der Waals surface area (Å²) in [5, 5.41) is 0. The van der Waals surface area contributed by atoms with E-state index in [0.29, 0.717) is 18.1 Å². The normalized spacial score (nSPS) is 29.9. The Kier molecular flexibility index (Phi) is 2.75. The van der Waals surface area contributed by atoms with E-state index in [1.165, 1.54) is 5.57 Å². The number of halogens is 1. The molecule has 1 aliphatic rings. The first-order valence-electron chi connectivity index (χ1n) is 3.59. The van der Waals surface area contributed by atoms with Gasteiger partial charge < -0.3 is 4.74 Å². The molecule has 0 aliphatic carbocycles. The van der Waals surface area contributed by atoms with Crippen molar-refractivity contribution in [3.8, 4) is 0 Å². The Hall–Kier alpha value is -0.0100. The summed E-state index contributed by atoms with van der Waals surface area (Å²) in [5.41, 5.74) is 1.35. The molecule has 0 spiro atoms. The molecule has 0 aromatic rings. The van der Waals surface area contributed by atoms with Gasteiger partial charge in [-0.1, -0.05) is 11.6 Å². The molecule has 1 rings (SSSR count). The fourth-order valence-corrected chi connectivity index (χ4v) is 1.15. The van der Waals surface area contributed by atoms with Gasteiger partial charge in [-0.05, 0) is 20.3 Å². The first kappa shape index (κ1) is 8.09. The zero-order valence-corrected chi connectivity index (χ0v) is 7.19. The van der Waals surface area contributed by atoms with Gasteiger partial charge in [0, 0.05) is 0 Å². The minimum atomic E-state index is 0.331. The second kappa shape index (κ2) is 3.40. The molecule has 58 valence electrons. The number of alkyl halides is 1. The summed E-state index contributed by atoms with van der Waals surface area (Å²) < 4.78 is 5.24. The molecule has 1 fully saturated rings. The molecule has 0 N–H and O–H groups in total. The van der Waals surface area contributed by atoms with Crippen molar-refractivity contribution in [1.82, 2.24) is 0 Å².